The molecular formula is C18H25N3S. The van der Waals surface area contributed by atoms with Gasteiger partial charge >= 0.3 is 0 Å². The van der Waals surface area contributed by atoms with Crippen molar-refractivity contribution in [2.24, 2.45) is 4.99 Å². The quantitative estimate of drug-likeness (QED) is 0.460. The van der Waals surface area contributed by atoms with Gasteiger partial charge in [0.1, 0.15) is 0 Å². The van der Waals surface area contributed by atoms with Gasteiger partial charge in [-0.3, -0.25) is 4.99 Å². The molecule has 1 aliphatic rings. The molecule has 1 heterocycles. The minimum atomic E-state index is 0.669. The molecule has 3 nitrogen and oxygen atoms in total. The van der Waals surface area contributed by atoms with Crippen LogP contribution in [0.2, 0.25) is 0 Å². The summed E-state index contributed by atoms with van der Waals surface area (Å²) < 4.78 is 0. The zero-order valence-electron chi connectivity index (χ0n) is 13.5. The predicted molar refractivity (Wildman–Crippen MR) is 97.4 cm³/mol. The maximum Gasteiger partial charge on any atom is 0.0962 e. The number of hydrogen-bond donors (Lipinski definition) is 1. The highest BCUT2D eigenvalue weighted by atomic mass is 32.1. The molecular weight excluding hydrogens is 290 g/mol. The van der Waals surface area contributed by atoms with Crippen molar-refractivity contribution < 1.29 is 0 Å². The maximum absolute atomic E-state index is 4.64. The summed E-state index contributed by atoms with van der Waals surface area (Å²) in [7, 11) is 1.74. The third-order valence-electron chi connectivity index (χ3n) is 3.84. The first-order valence-electron chi connectivity index (χ1n) is 7.87. The average molecular weight is 315 g/mol. The first-order valence-corrected chi connectivity index (χ1v) is 8.69. The summed E-state index contributed by atoms with van der Waals surface area (Å²) in [6.07, 6.45) is 16.3. The van der Waals surface area contributed by atoms with Crippen LogP contribution in [0.1, 0.15) is 54.8 Å². The van der Waals surface area contributed by atoms with E-state index in [0.29, 0.717) is 5.92 Å². The molecule has 0 amide bonds. The Morgan fingerprint density at radius 2 is 2.18 bits per heavy atom. The normalized spacial score (nSPS) is 17.5. The SMILES string of the molecule is C=C(/C=C(C)\C=C\NC=NC)c1cnc(C2CCCCC2)s1. The van der Waals surface area contributed by atoms with E-state index in [9.17, 15) is 0 Å². The molecule has 1 aromatic heterocycles. The molecule has 0 aliphatic heterocycles. The molecule has 1 fully saturated rings. The van der Waals surface area contributed by atoms with E-state index in [-0.39, 0.29) is 0 Å². The van der Waals surface area contributed by atoms with Crippen molar-refractivity contribution in [2.45, 2.75) is 44.9 Å². The van der Waals surface area contributed by atoms with E-state index in [4.69, 9.17) is 0 Å². The first kappa shape index (κ1) is 16.7. The van der Waals surface area contributed by atoms with Gasteiger partial charge in [-0.15, -0.1) is 11.3 Å². The highest BCUT2D eigenvalue weighted by Gasteiger charge is 2.18. The molecule has 2 rings (SSSR count). The molecule has 0 atom stereocenters. The van der Waals surface area contributed by atoms with Gasteiger partial charge in [0, 0.05) is 25.4 Å². The Hall–Kier alpha value is -1.68. The van der Waals surface area contributed by atoms with Crippen LogP contribution in [0.25, 0.3) is 5.57 Å². The van der Waals surface area contributed by atoms with Crippen molar-refractivity contribution in [1.29, 1.82) is 0 Å². The van der Waals surface area contributed by atoms with E-state index >= 15 is 0 Å². The molecule has 4 heteroatoms. The van der Waals surface area contributed by atoms with Crippen molar-refractivity contribution in [1.82, 2.24) is 10.3 Å². The molecule has 22 heavy (non-hydrogen) atoms. The van der Waals surface area contributed by atoms with Crippen LogP contribution in [0.3, 0.4) is 0 Å². The zero-order valence-corrected chi connectivity index (χ0v) is 14.3. The van der Waals surface area contributed by atoms with Gasteiger partial charge in [-0.05, 0) is 37.0 Å². The van der Waals surface area contributed by atoms with Crippen LogP contribution in [0.4, 0.5) is 0 Å². The molecule has 0 unspecified atom stereocenters. The molecule has 1 aromatic rings. The summed E-state index contributed by atoms with van der Waals surface area (Å²) >= 11 is 1.81. The topological polar surface area (TPSA) is 37.3 Å². The summed E-state index contributed by atoms with van der Waals surface area (Å²) in [6.45, 7) is 6.25. The molecule has 0 radical (unpaired) electrons. The van der Waals surface area contributed by atoms with Gasteiger partial charge in [0.15, 0.2) is 0 Å². The number of nitrogens with zero attached hydrogens (tertiary/aromatic N) is 2. The maximum atomic E-state index is 4.64. The van der Waals surface area contributed by atoms with Crippen molar-refractivity contribution in [3.63, 3.8) is 0 Å². The van der Waals surface area contributed by atoms with Crippen molar-refractivity contribution in [3.05, 3.63) is 46.6 Å². The van der Waals surface area contributed by atoms with Gasteiger partial charge in [-0.1, -0.05) is 31.9 Å². The lowest BCUT2D eigenvalue weighted by Gasteiger charge is -2.18. The summed E-state index contributed by atoms with van der Waals surface area (Å²) in [5, 5.41) is 4.26. The Bertz CT molecular complexity index is 575. The van der Waals surface area contributed by atoms with Crippen LogP contribution in [-0.4, -0.2) is 18.4 Å². The summed E-state index contributed by atoms with van der Waals surface area (Å²) in [5.41, 5.74) is 2.18. The second-order valence-corrected chi connectivity index (χ2v) is 6.76. The molecule has 0 aromatic carbocycles. The number of nitrogens with one attached hydrogen (secondary N) is 1. The summed E-state index contributed by atoms with van der Waals surface area (Å²) in [6, 6.07) is 0. The molecule has 1 saturated carbocycles. The monoisotopic (exact) mass is 315 g/mol. The van der Waals surface area contributed by atoms with Crippen LogP contribution in [0, 0.1) is 0 Å². The Kier molecular flexibility index (Phi) is 6.59. The number of allylic oxidation sites excluding steroid dienone is 4. The third kappa shape index (κ3) is 4.95. The Balaban J connectivity index is 1.97. The fourth-order valence-electron chi connectivity index (χ4n) is 2.67. The Morgan fingerprint density at radius 3 is 2.91 bits per heavy atom. The van der Waals surface area contributed by atoms with E-state index in [1.54, 1.807) is 24.7 Å². The molecule has 1 N–H and O–H groups in total. The van der Waals surface area contributed by atoms with E-state index in [1.807, 2.05) is 18.5 Å². The second-order valence-electron chi connectivity index (χ2n) is 5.70. The summed E-state index contributed by atoms with van der Waals surface area (Å²) in [5.74, 6) is 0.669. The fraction of sp³-hybridized carbons (Fsp3) is 0.444. The number of aliphatic imine (C=N–C) groups is 1. The zero-order chi connectivity index (χ0) is 15.8. The van der Waals surface area contributed by atoms with Crippen LogP contribution in [0.5, 0.6) is 0 Å². The van der Waals surface area contributed by atoms with Crippen LogP contribution < -0.4 is 5.32 Å². The molecule has 118 valence electrons. The smallest absolute Gasteiger partial charge is 0.0962 e. The number of aromatic nitrogens is 1. The first-order chi connectivity index (χ1) is 10.7. The summed E-state index contributed by atoms with van der Waals surface area (Å²) in [4.78, 5) is 9.67. The van der Waals surface area contributed by atoms with Gasteiger partial charge in [0.25, 0.3) is 0 Å². The lowest BCUT2D eigenvalue weighted by atomic mass is 9.90. The van der Waals surface area contributed by atoms with Crippen molar-refractivity contribution in [2.75, 3.05) is 7.05 Å². The van der Waals surface area contributed by atoms with Crippen molar-refractivity contribution in [3.8, 4) is 0 Å². The van der Waals surface area contributed by atoms with Gasteiger partial charge in [-0.25, -0.2) is 4.98 Å². The van der Waals surface area contributed by atoms with Crippen LogP contribution >= 0.6 is 11.3 Å². The minimum absolute atomic E-state index is 0.669. The standard InChI is InChI=1S/C18H25N3S/c1-14(9-10-20-13-19-3)11-15(2)17-12-21-18(22-17)16-7-5-4-6-8-16/h9-13,16H,2,4-8H2,1,3H3,(H,19,20)/b10-9+,14-11-. The van der Waals surface area contributed by atoms with E-state index in [2.05, 4.69) is 34.9 Å². The predicted octanol–water partition coefficient (Wildman–Crippen LogP) is 4.91. The van der Waals surface area contributed by atoms with Gasteiger partial charge in [-0.2, -0.15) is 0 Å². The van der Waals surface area contributed by atoms with Crippen molar-refractivity contribution >= 4 is 23.2 Å². The fourth-order valence-corrected chi connectivity index (χ4v) is 3.69. The molecule has 0 saturated heterocycles. The van der Waals surface area contributed by atoms with Crippen LogP contribution in [0.15, 0.2) is 41.7 Å². The molecule has 0 spiro atoms. The Labute approximate surface area is 137 Å². The third-order valence-corrected chi connectivity index (χ3v) is 5.08. The molecule has 1 aliphatic carbocycles. The van der Waals surface area contributed by atoms with Gasteiger partial charge in [0.05, 0.1) is 16.2 Å². The highest BCUT2D eigenvalue weighted by Crippen LogP contribution is 2.36. The average Bonchev–Trinajstić information content (AvgIpc) is 3.02. The molecule has 0 bridgehead atoms. The Morgan fingerprint density at radius 1 is 1.41 bits per heavy atom. The lowest BCUT2D eigenvalue weighted by molar-refractivity contribution is 0.442. The van der Waals surface area contributed by atoms with Gasteiger partial charge < -0.3 is 5.32 Å². The number of hydrogen-bond acceptors (Lipinski definition) is 3. The van der Waals surface area contributed by atoms with E-state index < -0.39 is 0 Å². The second kappa shape index (κ2) is 8.69. The van der Waals surface area contributed by atoms with E-state index in [0.717, 1.165) is 11.1 Å². The minimum Gasteiger partial charge on any atom is -0.353 e. The van der Waals surface area contributed by atoms with E-state index in [1.165, 1.54) is 42.0 Å². The van der Waals surface area contributed by atoms with Crippen LogP contribution in [-0.2, 0) is 0 Å². The highest BCUT2D eigenvalue weighted by molar-refractivity contribution is 7.12. The number of thiazole rings is 1. The lowest BCUT2D eigenvalue weighted by Crippen LogP contribution is -2.03. The van der Waals surface area contributed by atoms with Gasteiger partial charge in [0.2, 0.25) is 0 Å². The largest absolute Gasteiger partial charge is 0.353 e. The number of rotatable bonds is 6.